The third-order valence-corrected chi connectivity index (χ3v) is 13.2. The Morgan fingerprint density at radius 1 is 0.500 bits per heavy atom. The molecule has 0 spiro atoms. The average Bonchev–Trinajstić information content (AvgIpc) is 3.82. The summed E-state index contributed by atoms with van der Waals surface area (Å²) in [6, 6.07) is 58.4. The zero-order valence-corrected chi connectivity index (χ0v) is 34.8. The van der Waals surface area contributed by atoms with Crippen molar-refractivity contribution < 1.29 is 4.42 Å². The highest BCUT2D eigenvalue weighted by molar-refractivity contribution is 6.13. The Labute approximate surface area is 360 Å². The normalized spacial score (nSPS) is 14.4. The number of nitrogens with zero attached hydrogens (tertiary/aromatic N) is 3. The summed E-state index contributed by atoms with van der Waals surface area (Å²) in [7, 11) is 0. The van der Waals surface area contributed by atoms with Crippen molar-refractivity contribution in [2.75, 3.05) is 0 Å². The summed E-state index contributed by atoms with van der Waals surface area (Å²) < 4.78 is 6.51. The Morgan fingerprint density at radius 2 is 1.13 bits per heavy atom. The fourth-order valence-corrected chi connectivity index (χ4v) is 10.0. The van der Waals surface area contributed by atoms with Crippen LogP contribution in [0, 0.1) is 0 Å². The standard InChI is InChI=1S/C58H41N3O/c1-4-35-15-10-16-38-27-23-37-26-30-41(33-46(37)52(35)38)42-31-32-50-47(34-42)54-43(18-12-22-51(54)62-50)36-24-28-40(29-25-36)56-59-55(39-13-6-5-7-14-39)60-57(61-56)45-19-11-21-49-53(45)44-17-8-9-20-48(44)58(49,2)3/h4-14,16-34H,15H2,1-3H3/b35-4-. The van der Waals surface area contributed by atoms with Crippen LogP contribution in [0.25, 0.3) is 112 Å². The van der Waals surface area contributed by atoms with E-state index >= 15 is 0 Å². The van der Waals surface area contributed by atoms with Crippen LogP contribution in [0.3, 0.4) is 0 Å². The van der Waals surface area contributed by atoms with Crippen LogP contribution in [0.2, 0.25) is 0 Å². The fraction of sp³-hybridized carbons (Fsp3) is 0.0862. The van der Waals surface area contributed by atoms with Crippen LogP contribution < -0.4 is 0 Å². The molecule has 0 saturated heterocycles. The molecule has 62 heavy (non-hydrogen) atoms. The van der Waals surface area contributed by atoms with Crippen molar-refractivity contribution in [3.05, 3.63) is 198 Å². The quantitative estimate of drug-likeness (QED) is 0.174. The summed E-state index contributed by atoms with van der Waals surface area (Å²) in [5.74, 6) is 1.95. The SMILES string of the molecule is C/C=C1/CC=Cc2ccc3ccc(-c4ccc5oc6cccc(-c7ccc(-c8nc(-c9ccccc9)nc(-c9cccc%10c9-c9ccccc9C%10(C)C)n8)cc7)c6c5c4)cc3c21. The van der Waals surface area contributed by atoms with Crippen molar-refractivity contribution in [3.8, 4) is 67.5 Å². The first-order valence-corrected chi connectivity index (χ1v) is 21.4. The second kappa shape index (κ2) is 13.9. The highest BCUT2D eigenvalue weighted by Crippen LogP contribution is 2.52. The second-order valence-corrected chi connectivity index (χ2v) is 17.0. The molecule has 2 heterocycles. The summed E-state index contributed by atoms with van der Waals surface area (Å²) in [4.78, 5) is 15.5. The van der Waals surface area contributed by atoms with E-state index in [0.29, 0.717) is 17.5 Å². The van der Waals surface area contributed by atoms with Gasteiger partial charge in [0.1, 0.15) is 11.2 Å². The molecule has 12 rings (SSSR count). The van der Waals surface area contributed by atoms with Crippen molar-refractivity contribution in [2.24, 2.45) is 0 Å². The molecular weight excluding hydrogens is 755 g/mol. The first-order chi connectivity index (χ1) is 30.4. The van der Waals surface area contributed by atoms with Crippen molar-refractivity contribution >= 4 is 44.4 Å². The van der Waals surface area contributed by atoms with Crippen LogP contribution >= 0.6 is 0 Å². The van der Waals surface area contributed by atoms with E-state index < -0.39 is 0 Å². The van der Waals surface area contributed by atoms with E-state index in [4.69, 9.17) is 19.4 Å². The average molecular weight is 796 g/mol. The van der Waals surface area contributed by atoms with E-state index in [-0.39, 0.29) is 5.41 Å². The van der Waals surface area contributed by atoms with Crippen LogP contribution in [-0.2, 0) is 5.41 Å². The van der Waals surface area contributed by atoms with Crippen LogP contribution in [0.15, 0.2) is 180 Å². The lowest BCUT2D eigenvalue weighted by Crippen LogP contribution is -2.14. The Bertz CT molecular complexity index is 3520. The van der Waals surface area contributed by atoms with Gasteiger partial charge in [-0.05, 0) is 110 Å². The number of hydrogen-bond donors (Lipinski definition) is 0. The van der Waals surface area contributed by atoms with Gasteiger partial charge in [-0.2, -0.15) is 0 Å². The molecule has 2 aliphatic carbocycles. The highest BCUT2D eigenvalue weighted by atomic mass is 16.3. The summed E-state index contributed by atoms with van der Waals surface area (Å²) in [6.07, 6.45) is 7.73. The molecule has 0 aliphatic heterocycles. The number of allylic oxidation sites excluding steroid dienone is 3. The van der Waals surface area contributed by atoms with Crippen LogP contribution in [0.1, 0.15) is 49.4 Å². The molecular formula is C58H41N3O. The van der Waals surface area contributed by atoms with Crippen LogP contribution in [0.4, 0.5) is 0 Å². The van der Waals surface area contributed by atoms with Gasteiger partial charge in [0.05, 0.1) is 0 Å². The number of aromatic nitrogens is 3. The van der Waals surface area contributed by atoms with E-state index in [2.05, 4.69) is 185 Å². The number of furan rings is 1. The first kappa shape index (κ1) is 36.2. The number of rotatable bonds is 5. The third-order valence-electron chi connectivity index (χ3n) is 13.2. The second-order valence-electron chi connectivity index (χ2n) is 17.0. The fourth-order valence-electron chi connectivity index (χ4n) is 10.0. The molecule has 0 atom stereocenters. The topological polar surface area (TPSA) is 51.8 Å². The molecule has 0 amide bonds. The van der Waals surface area contributed by atoms with E-state index in [1.807, 2.05) is 18.2 Å². The predicted octanol–water partition coefficient (Wildman–Crippen LogP) is 15.4. The van der Waals surface area contributed by atoms with E-state index in [1.165, 1.54) is 55.3 Å². The lowest BCUT2D eigenvalue weighted by atomic mass is 9.82. The van der Waals surface area contributed by atoms with Gasteiger partial charge >= 0.3 is 0 Å². The molecule has 10 aromatic rings. The van der Waals surface area contributed by atoms with Gasteiger partial charge < -0.3 is 4.42 Å². The first-order valence-electron chi connectivity index (χ1n) is 21.4. The minimum Gasteiger partial charge on any atom is -0.456 e. The third kappa shape index (κ3) is 5.64. The molecule has 0 unspecified atom stereocenters. The smallest absolute Gasteiger partial charge is 0.164 e. The molecule has 4 heteroatoms. The van der Waals surface area contributed by atoms with Crippen molar-refractivity contribution in [3.63, 3.8) is 0 Å². The van der Waals surface area contributed by atoms with Gasteiger partial charge in [-0.15, -0.1) is 0 Å². The lowest BCUT2D eigenvalue weighted by molar-refractivity contribution is 0.660. The molecule has 0 fully saturated rings. The zero-order valence-electron chi connectivity index (χ0n) is 34.8. The van der Waals surface area contributed by atoms with Crippen molar-refractivity contribution in [1.82, 2.24) is 15.0 Å². The largest absolute Gasteiger partial charge is 0.456 e. The van der Waals surface area contributed by atoms with Gasteiger partial charge in [-0.25, -0.2) is 15.0 Å². The molecule has 294 valence electrons. The van der Waals surface area contributed by atoms with Gasteiger partial charge in [0.2, 0.25) is 0 Å². The molecule has 0 radical (unpaired) electrons. The van der Waals surface area contributed by atoms with E-state index in [0.717, 1.165) is 61.7 Å². The Balaban J connectivity index is 0.960. The zero-order chi connectivity index (χ0) is 41.5. The van der Waals surface area contributed by atoms with Gasteiger partial charge in [0.25, 0.3) is 0 Å². The van der Waals surface area contributed by atoms with Gasteiger partial charge in [0.15, 0.2) is 17.5 Å². The van der Waals surface area contributed by atoms with Crippen molar-refractivity contribution in [2.45, 2.75) is 32.6 Å². The lowest BCUT2D eigenvalue weighted by Gasteiger charge is -2.21. The van der Waals surface area contributed by atoms with Crippen molar-refractivity contribution in [1.29, 1.82) is 0 Å². The molecule has 0 bridgehead atoms. The van der Waals surface area contributed by atoms with E-state index in [9.17, 15) is 0 Å². The monoisotopic (exact) mass is 795 g/mol. The van der Waals surface area contributed by atoms with Gasteiger partial charge in [-0.3, -0.25) is 0 Å². The van der Waals surface area contributed by atoms with Crippen LogP contribution in [0.5, 0.6) is 0 Å². The summed E-state index contributed by atoms with van der Waals surface area (Å²) in [6.45, 7) is 6.75. The van der Waals surface area contributed by atoms with E-state index in [1.54, 1.807) is 0 Å². The Morgan fingerprint density at radius 3 is 1.95 bits per heavy atom. The molecule has 0 N–H and O–H groups in total. The number of benzene rings is 8. The molecule has 2 aliphatic rings. The minimum absolute atomic E-state index is 0.134. The predicted molar refractivity (Wildman–Crippen MR) is 257 cm³/mol. The summed E-state index contributed by atoms with van der Waals surface area (Å²) in [5, 5.41) is 4.75. The van der Waals surface area contributed by atoms with Crippen LogP contribution in [-0.4, -0.2) is 15.0 Å². The molecule has 8 aromatic carbocycles. The highest BCUT2D eigenvalue weighted by Gasteiger charge is 2.37. The number of hydrogen-bond acceptors (Lipinski definition) is 4. The maximum Gasteiger partial charge on any atom is 0.164 e. The molecule has 4 nitrogen and oxygen atoms in total. The minimum atomic E-state index is -0.134. The maximum atomic E-state index is 6.51. The van der Waals surface area contributed by atoms with Gasteiger partial charge in [0, 0.05) is 32.9 Å². The number of fused-ring (bicyclic) bond motifs is 9. The summed E-state index contributed by atoms with van der Waals surface area (Å²) >= 11 is 0. The Hall–Kier alpha value is -7.69. The Kier molecular flexibility index (Phi) is 8.13. The molecule has 2 aromatic heterocycles. The maximum absolute atomic E-state index is 6.51. The van der Waals surface area contributed by atoms with Gasteiger partial charge in [-0.1, -0.05) is 172 Å². The summed E-state index contributed by atoms with van der Waals surface area (Å²) in [5.41, 5.74) is 18.1. The molecule has 0 saturated carbocycles.